The van der Waals surface area contributed by atoms with Crippen LogP contribution in [0, 0.1) is 5.92 Å². The summed E-state index contributed by atoms with van der Waals surface area (Å²) in [4.78, 5) is 20.1. The SMILES string of the molecule is C[C@H]1CC=C(c2ccc3sc(C4CN(C)C4)nc3c2)N(C(=O)O)C1. The molecule has 2 aromatic rings. The first-order chi connectivity index (χ1) is 11.5. The third-order valence-electron chi connectivity index (χ3n) is 4.84. The minimum absolute atomic E-state index is 0.357. The lowest BCUT2D eigenvalue weighted by Gasteiger charge is -2.34. The fourth-order valence-electron chi connectivity index (χ4n) is 3.50. The molecule has 0 saturated carbocycles. The van der Waals surface area contributed by atoms with Crippen LogP contribution in [0.1, 0.15) is 29.8 Å². The van der Waals surface area contributed by atoms with Gasteiger partial charge in [0.1, 0.15) is 0 Å². The smallest absolute Gasteiger partial charge is 0.411 e. The number of hydrogen-bond donors (Lipinski definition) is 1. The van der Waals surface area contributed by atoms with Crippen molar-refractivity contribution >= 4 is 33.3 Å². The average molecular weight is 343 g/mol. The summed E-state index contributed by atoms with van der Waals surface area (Å²) >= 11 is 1.76. The van der Waals surface area contributed by atoms with Crippen molar-refractivity contribution in [1.82, 2.24) is 14.8 Å². The summed E-state index contributed by atoms with van der Waals surface area (Å²) in [5, 5.41) is 10.7. The van der Waals surface area contributed by atoms with E-state index in [2.05, 4.69) is 24.9 Å². The number of carbonyl (C=O) groups is 1. The topological polar surface area (TPSA) is 56.7 Å². The van der Waals surface area contributed by atoms with Crippen LogP contribution in [0.5, 0.6) is 0 Å². The molecule has 1 aromatic heterocycles. The molecule has 0 unspecified atom stereocenters. The van der Waals surface area contributed by atoms with Gasteiger partial charge in [0, 0.05) is 31.1 Å². The van der Waals surface area contributed by atoms with E-state index >= 15 is 0 Å². The van der Waals surface area contributed by atoms with Crippen molar-refractivity contribution in [2.24, 2.45) is 5.92 Å². The summed E-state index contributed by atoms with van der Waals surface area (Å²) in [5.41, 5.74) is 2.71. The third-order valence-corrected chi connectivity index (χ3v) is 6.04. The van der Waals surface area contributed by atoms with Crippen molar-refractivity contribution in [3.05, 3.63) is 34.8 Å². The summed E-state index contributed by atoms with van der Waals surface area (Å²) in [6, 6.07) is 6.14. The number of thiazole rings is 1. The van der Waals surface area contributed by atoms with Crippen LogP contribution in [-0.4, -0.2) is 52.7 Å². The third kappa shape index (κ3) is 2.70. The van der Waals surface area contributed by atoms with E-state index in [1.165, 1.54) is 14.6 Å². The molecule has 5 nitrogen and oxygen atoms in total. The van der Waals surface area contributed by atoms with Gasteiger partial charge in [0.05, 0.1) is 20.9 Å². The van der Waals surface area contributed by atoms with E-state index < -0.39 is 6.09 Å². The molecule has 0 radical (unpaired) electrons. The molecule has 1 amide bonds. The fourth-order valence-corrected chi connectivity index (χ4v) is 4.53. The first kappa shape index (κ1) is 15.6. The van der Waals surface area contributed by atoms with Gasteiger partial charge >= 0.3 is 6.09 Å². The molecule has 0 spiro atoms. The van der Waals surface area contributed by atoms with Crippen LogP contribution >= 0.6 is 11.3 Å². The van der Waals surface area contributed by atoms with Gasteiger partial charge in [0.2, 0.25) is 0 Å². The van der Waals surface area contributed by atoms with Gasteiger partial charge in [0.25, 0.3) is 0 Å². The highest BCUT2D eigenvalue weighted by atomic mass is 32.1. The number of hydrogen-bond acceptors (Lipinski definition) is 4. The Morgan fingerprint density at radius 3 is 2.83 bits per heavy atom. The van der Waals surface area contributed by atoms with E-state index in [1.54, 1.807) is 11.3 Å². The Kier molecular flexibility index (Phi) is 3.81. The summed E-state index contributed by atoms with van der Waals surface area (Å²) in [6.45, 7) is 4.77. The monoisotopic (exact) mass is 343 g/mol. The zero-order valence-electron chi connectivity index (χ0n) is 13.9. The van der Waals surface area contributed by atoms with Crippen LogP contribution < -0.4 is 0 Å². The molecule has 126 valence electrons. The molecule has 1 atom stereocenters. The first-order valence-corrected chi connectivity index (χ1v) is 9.13. The molecule has 2 aliphatic heterocycles. The molecular formula is C18H21N3O2S. The van der Waals surface area contributed by atoms with E-state index in [0.717, 1.165) is 36.3 Å². The second-order valence-electron chi connectivity index (χ2n) is 6.98. The Morgan fingerprint density at radius 2 is 2.12 bits per heavy atom. The lowest BCUT2D eigenvalue weighted by atomic mass is 9.98. The highest BCUT2D eigenvalue weighted by Crippen LogP contribution is 2.35. The van der Waals surface area contributed by atoms with Gasteiger partial charge in [-0.3, -0.25) is 4.90 Å². The largest absolute Gasteiger partial charge is 0.465 e. The van der Waals surface area contributed by atoms with Gasteiger partial charge < -0.3 is 10.0 Å². The van der Waals surface area contributed by atoms with Crippen molar-refractivity contribution in [1.29, 1.82) is 0 Å². The van der Waals surface area contributed by atoms with Crippen LogP contribution in [0.3, 0.4) is 0 Å². The quantitative estimate of drug-likeness (QED) is 0.903. The van der Waals surface area contributed by atoms with E-state index in [1.807, 2.05) is 18.2 Å². The lowest BCUT2D eigenvalue weighted by Crippen LogP contribution is -2.41. The van der Waals surface area contributed by atoms with Crippen LogP contribution in [0.25, 0.3) is 15.9 Å². The minimum atomic E-state index is -0.885. The Bertz CT molecular complexity index is 823. The Labute approximate surface area is 145 Å². The van der Waals surface area contributed by atoms with Crippen LogP contribution in [0.4, 0.5) is 4.79 Å². The number of rotatable bonds is 2. The zero-order chi connectivity index (χ0) is 16.8. The van der Waals surface area contributed by atoms with Gasteiger partial charge in [0.15, 0.2) is 0 Å². The molecule has 0 aliphatic carbocycles. The number of likely N-dealkylation sites (tertiary alicyclic amines) is 1. The number of allylic oxidation sites excluding steroid dienone is 1. The number of amides is 1. The maximum Gasteiger partial charge on any atom is 0.411 e. The highest BCUT2D eigenvalue weighted by Gasteiger charge is 2.28. The van der Waals surface area contributed by atoms with Gasteiger partial charge in [-0.25, -0.2) is 9.78 Å². The molecule has 0 bridgehead atoms. The van der Waals surface area contributed by atoms with E-state index in [4.69, 9.17) is 4.98 Å². The maximum absolute atomic E-state index is 11.6. The average Bonchev–Trinajstić information content (AvgIpc) is 2.94. The molecular weight excluding hydrogens is 322 g/mol. The summed E-state index contributed by atoms with van der Waals surface area (Å²) in [7, 11) is 2.12. The van der Waals surface area contributed by atoms with Crippen molar-refractivity contribution in [2.45, 2.75) is 19.3 Å². The van der Waals surface area contributed by atoms with Crippen LogP contribution in [0.2, 0.25) is 0 Å². The van der Waals surface area contributed by atoms with Crippen LogP contribution in [-0.2, 0) is 0 Å². The predicted molar refractivity (Wildman–Crippen MR) is 96.3 cm³/mol. The fraction of sp³-hybridized carbons (Fsp3) is 0.444. The Morgan fingerprint density at radius 1 is 1.33 bits per heavy atom. The van der Waals surface area contributed by atoms with Crippen molar-refractivity contribution < 1.29 is 9.90 Å². The van der Waals surface area contributed by atoms with Gasteiger partial charge in [-0.2, -0.15) is 0 Å². The van der Waals surface area contributed by atoms with Crippen molar-refractivity contribution in [3.63, 3.8) is 0 Å². The van der Waals surface area contributed by atoms with Crippen molar-refractivity contribution in [3.8, 4) is 0 Å². The van der Waals surface area contributed by atoms with Gasteiger partial charge in [-0.15, -0.1) is 11.3 Å². The summed E-state index contributed by atoms with van der Waals surface area (Å²) in [5.74, 6) is 0.899. The number of carboxylic acid groups (broad SMARTS) is 1. The van der Waals surface area contributed by atoms with Gasteiger partial charge in [-0.1, -0.05) is 19.1 Å². The molecule has 1 fully saturated rings. The van der Waals surface area contributed by atoms with E-state index in [9.17, 15) is 9.90 Å². The van der Waals surface area contributed by atoms with Gasteiger partial charge in [-0.05, 0) is 31.5 Å². The second kappa shape index (κ2) is 5.86. The molecule has 24 heavy (non-hydrogen) atoms. The number of benzene rings is 1. The molecule has 6 heteroatoms. The molecule has 4 rings (SSSR count). The zero-order valence-corrected chi connectivity index (χ0v) is 14.7. The number of nitrogens with zero attached hydrogens (tertiary/aromatic N) is 3. The van der Waals surface area contributed by atoms with Crippen LogP contribution in [0.15, 0.2) is 24.3 Å². The molecule has 1 aromatic carbocycles. The summed E-state index contributed by atoms with van der Waals surface area (Å²) < 4.78 is 1.18. The summed E-state index contributed by atoms with van der Waals surface area (Å²) in [6.07, 6.45) is 2.07. The number of likely N-dealkylation sites (N-methyl/N-ethyl adjacent to an activating group) is 1. The molecule has 2 aliphatic rings. The Balaban J connectivity index is 1.68. The minimum Gasteiger partial charge on any atom is -0.465 e. The lowest BCUT2D eigenvalue weighted by molar-refractivity contribution is 0.159. The Hall–Kier alpha value is -1.92. The van der Waals surface area contributed by atoms with E-state index in [-0.39, 0.29) is 0 Å². The van der Waals surface area contributed by atoms with E-state index in [0.29, 0.717) is 18.4 Å². The standard InChI is InChI=1S/C18H21N3O2S/c1-11-3-5-15(21(8-11)18(22)23)12-4-6-16-14(7-12)19-17(24-16)13-9-20(2)10-13/h4-7,11,13H,3,8-10H2,1-2H3,(H,22,23)/t11-/m0/s1. The first-order valence-electron chi connectivity index (χ1n) is 8.31. The molecule has 1 N–H and O–H groups in total. The normalized spacial score (nSPS) is 22.5. The maximum atomic E-state index is 11.6. The highest BCUT2D eigenvalue weighted by molar-refractivity contribution is 7.18. The van der Waals surface area contributed by atoms with Crippen molar-refractivity contribution in [2.75, 3.05) is 26.7 Å². The second-order valence-corrected chi connectivity index (χ2v) is 8.04. The molecule has 1 saturated heterocycles. The number of fused-ring (bicyclic) bond motifs is 1. The number of aromatic nitrogens is 1. The molecule has 3 heterocycles. The predicted octanol–water partition coefficient (Wildman–Crippen LogP) is 3.69.